The molecule has 2 aromatic heterocycles. The van der Waals surface area contributed by atoms with Gasteiger partial charge in [0, 0.05) is 18.5 Å². The minimum absolute atomic E-state index is 0.129. The summed E-state index contributed by atoms with van der Waals surface area (Å²) >= 11 is 1.47. The first-order valence-corrected chi connectivity index (χ1v) is 9.31. The molecule has 1 aliphatic carbocycles. The van der Waals surface area contributed by atoms with Crippen LogP contribution in [0.25, 0.3) is 11.2 Å². The molecule has 25 heavy (non-hydrogen) atoms. The van der Waals surface area contributed by atoms with Crippen LogP contribution in [0.1, 0.15) is 24.8 Å². The minimum Gasteiger partial charge on any atom is -0.365 e. The van der Waals surface area contributed by atoms with Crippen LogP contribution in [0.2, 0.25) is 0 Å². The first-order valence-electron chi connectivity index (χ1n) is 8.09. The van der Waals surface area contributed by atoms with Crippen LogP contribution < -0.4 is 5.32 Å². The largest absolute Gasteiger partial charge is 0.365 e. The van der Waals surface area contributed by atoms with Crippen LogP contribution in [0.4, 0.5) is 14.6 Å². The number of anilines is 1. The lowest BCUT2D eigenvalue weighted by Crippen LogP contribution is -2.08. The van der Waals surface area contributed by atoms with Gasteiger partial charge in [-0.3, -0.25) is 0 Å². The maximum absolute atomic E-state index is 13.4. The molecule has 0 unspecified atom stereocenters. The Labute approximate surface area is 147 Å². The van der Waals surface area contributed by atoms with Gasteiger partial charge in [-0.1, -0.05) is 17.8 Å². The van der Waals surface area contributed by atoms with E-state index in [0.29, 0.717) is 11.0 Å². The molecule has 1 aromatic carbocycles. The van der Waals surface area contributed by atoms with E-state index in [2.05, 4.69) is 20.3 Å². The molecule has 3 aromatic rings. The Balaban J connectivity index is 1.61. The molecule has 5 nitrogen and oxygen atoms in total. The Hall–Kier alpha value is -2.22. The number of halogens is 2. The number of aromatic nitrogens is 4. The molecule has 2 heterocycles. The maximum Gasteiger partial charge on any atom is 0.191 e. The van der Waals surface area contributed by atoms with Crippen LogP contribution in [0.5, 0.6) is 0 Å². The van der Waals surface area contributed by atoms with Crippen molar-refractivity contribution in [1.82, 2.24) is 19.5 Å². The molecule has 1 fully saturated rings. The predicted molar refractivity (Wildman–Crippen MR) is 93.9 cm³/mol. The minimum atomic E-state index is -0.818. The Morgan fingerprint density at radius 3 is 2.84 bits per heavy atom. The molecule has 1 aliphatic rings. The van der Waals surface area contributed by atoms with E-state index in [1.807, 2.05) is 17.7 Å². The average Bonchev–Trinajstić information content (AvgIpc) is 3.25. The van der Waals surface area contributed by atoms with Gasteiger partial charge >= 0.3 is 0 Å². The van der Waals surface area contributed by atoms with Crippen molar-refractivity contribution in [1.29, 1.82) is 0 Å². The lowest BCUT2D eigenvalue weighted by molar-refractivity contribution is 0.507. The second kappa shape index (κ2) is 6.25. The summed E-state index contributed by atoms with van der Waals surface area (Å²) in [6.45, 7) is 2.82. The Morgan fingerprint density at radius 2 is 2.12 bits per heavy atom. The normalized spacial score (nSPS) is 19.4. The van der Waals surface area contributed by atoms with Gasteiger partial charge in [-0.15, -0.1) is 0 Å². The van der Waals surface area contributed by atoms with Crippen LogP contribution >= 0.6 is 11.8 Å². The van der Waals surface area contributed by atoms with Gasteiger partial charge in [0.1, 0.15) is 0 Å². The Bertz CT molecular complexity index is 942. The number of aryl methyl sites for hydroxylation is 1. The third-order valence-electron chi connectivity index (χ3n) is 4.45. The highest BCUT2D eigenvalue weighted by atomic mass is 32.2. The summed E-state index contributed by atoms with van der Waals surface area (Å²) in [4.78, 5) is 13.5. The molecule has 8 heteroatoms. The van der Waals surface area contributed by atoms with Gasteiger partial charge in [0.15, 0.2) is 33.8 Å². The molecule has 1 saturated carbocycles. The van der Waals surface area contributed by atoms with Crippen molar-refractivity contribution in [2.75, 3.05) is 11.6 Å². The fraction of sp³-hybridized carbons (Fsp3) is 0.353. The van der Waals surface area contributed by atoms with Crippen LogP contribution in [-0.4, -0.2) is 31.8 Å². The van der Waals surface area contributed by atoms with E-state index in [0.717, 1.165) is 29.7 Å². The number of thioether (sulfide) groups is 1. The molecular formula is C17H17F2N5S. The molecule has 1 N–H and O–H groups in total. The van der Waals surface area contributed by atoms with Crippen molar-refractivity contribution < 1.29 is 8.78 Å². The average molecular weight is 361 g/mol. The van der Waals surface area contributed by atoms with Crippen LogP contribution in [0.3, 0.4) is 0 Å². The second-order valence-corrected chi connectivity index (χ2v) is 6.80. The summed E-state index contributed by atoms with van der Waals surface area (Å²) < 4.78 is 28.5. The zero-order valence-corrected chi connectivity index (χ0v) is 14.6. The van der Waals surface area contributed by atoms with E-state index in [9.17, 15) is 8.78 Å². The van der Waals surface area contributed by atoms with E-state index in [1.54, 1.807) is 12.4 Å². The van der Waals surface area contributed by atoms with Gasteiger partial charge in [-0.25, -0.2) is 23.7 Å². The predicted octanol–water partition coefficient (Wildman–Crippen LogP) is 3.81. The zero-order valence-electron chi connectivity index (χ0n) is 13.8. The number of fused-ring (bicyclic) bond motifs is 1. The van der Waals surface area contributed by atoms with Crippen molar-refractivity contribution in [3.05, 3.63) is 41.7 Å². The summed E-state index contributed by atoms with van der Waals surface area (Å²) in [6, 6.07) is 4.22. The summed E-state index contributed by atoms with van der Waals surface area (Å²) in [7, 11) is 0. The van der Waals surface area contributed by atoms with E-state index in [1.165, 1.54) is 23.9 Å². The third-order valence-corrected chi connectivity index (χ3v) is 5.00. The van der Waals surface area contributed by atoms with Gasteiger partial charge < -0.3 is 9.88 Å². The Morgan fingerprint density at radius 1 is 1.28 bits per heavy atom. The van der Waals surface area contributed by atoms with Crippen LogP contribution in [0, 0.1) is 11.6 Å². The van der Waals surface area contributed by atoms with Crippen molar-refractivity contribution in [2.45, 2.75) is 37.0 Å². The maximum atomic E-state index is 13.4. The zero-order chi connectivity index (χ0) is 17.6. The van der Waals surface area contributed by atoms with Crippen molar-refractivity contribution in [2.24, 2.45) is 0 Å². The van der Waals surface area contributed by atoms with Crippen molar-refractivity contribution in [3.63, 3.8) is 0 Å². The third kappa shape index (κ3) is 2.95. The summed E-state index contributed by atoms with van der Waals surface area (Å²) in [6.07, 6.45) is 4.53. The number of rotatable bonds is 5. The summed E-state index contributed by atoms with van der Waals surface area (Å²) in [5.74, 6) is -0.789. The second-order valence-electron chi connectivity index (χ2n) is 6.03. The molecule has 0 aliphatic heterocycles. The van der Waals surface area contributed by atoms with E-state index in [-0.39, 0.29) is 12.0 Å². The molecule has 0 saturated heterocycles. The standard InChI is InChI=1S/C17H17F2N5S/c1-3-24-8-20-14-15(22-17(25-2)23-16(14)24)21-13-7-10(13)9-4-5-11(18)12(19)6-9/h4-6,8,10,13H,3,7H2,1-2H3,(H,21,22,23)/t10-,13+/m0/s1. The molecule has 130 valence electrons. The molecular weight excluding hydrogens is 344 g/mol. The fourth-order valence-corrected chi connectivity index (χ4v) is 3.35. The van der Waals surface area contributed by atoms with E-state index < -0.39 is 11.6 Å². The molecule has 0 radical (unpaired) electrons. The van der Waals surface area contributed by atoms with Crippen molar-refractivity contribution in [3.8, 4) is 0 Å². The fourth-order valence-electron chi connectivity index (χ4n) is 2.99. The monoisotopic (exact) mass is 361 g/mol. The Kier molecular flexibility index (Phi) is 4.07. The number of benzene rings is 1. The lowest BCUT2D eigenvalue weighted by Gasteiger charge is -2.08. The quantitative estimate of drug-likeness (QED) is 0.553. The summed E-state index contributed by atoms with van der Waals surface area (Å²) in [5.41, 5.74) is 2.33. The highest BCUT2D eigenvalue weighted by Gasteiger charge is 2.39. The molecule has 0 amide bonds. The SMILES string of the molecule is CCn1cnc2c(N[C@@H]3C[C@H]3c3ccc(F)c(F)c3)nc(SC)nc21. The highest BCUT2D eigenvalue weighted by molar-refractivity contribution is 7.98. The van der Waals surface area contributed by atoms with Gasteiger partial charge in [-0.05, 0) is 37.3 Å². The summed E-state index contributed by atoms with van der Waals surface area (Å²) in [5, 5.41) is 4.07. The number of nitrogens with zero attached hydrogens (tertiary/aromatic N) is 4. The van der Waals surface area contributed by atoms with Gasteiger partial charge in [0.2, 0.25) is 0 Å². The van der Waals surface area contributed by atoms with Gasteiger partial charge in [-0.2, -0.15) is 0 Å². The van der Waals surface area contributed by atoms with Gasteiger partial charge in [0.25, 0.3) is 0 Å². The van der Waals surface area contributed by atoms with E-state index >= 15 is 0 Å². The first-order chi connectivity index (χ1) is 12.1. The lowest BCUT2D eigenvalue weighted by atomic mass is 10.1. The number of nitrogens with one attached hydrogen (secondary N) is 1. The molecule has 2 atom stereocenters. The smallest absolute Gasteiger partial charge is 0.191 e. The van der Waals surface area contributed by atoms with Crippen LogP contribution in [0.15, 0.2) is 29.7 Å². The van der Waals surface area contributed by atoms with Gasteiger partial charge in [0.05, 0.1) is 6.33 Å². The molecule has 0 bridgehead atoms. The molecule has 4 rings (SSSR count). The van der Waals surface area contributed by atoms with E-state index in [4.69, 9.17) is 0 Å². The molecule has 0 spiro atoms. The van der Waals surface area contributed by atoms with Crippen molar-refractivity contribution >= 4 is 28.7 Å². The number of hydrogen-bond acceptors (Lipinski definition) is 5. The van der Waals surface area contributed by atoms with Crippen LogP contribution in [-0.2, 0) is 6.54 Å². The number of imidazole rings is 1. The topological polar surface area (TPSA) is 55.6 Å². The number of hydrogen-bond donors (Lipinski definition) is 1. The highest BCUT2D eigenvalue weighted by Crippen LogP contribution is 2.43. The first kappa shape index (κ1) is 16.3.